The molecule has 1 amide bonds. The molecule has 340 valence electrons. The lowest BCUT2D eigenvalue weighted by molar-refractivity contribution is -0.295. The highest BCUT2D eigenvalue weighted by Gasteiger charge is 2.60. The number of nitrogens with one attached hydrogen (secondary N) is 1. The van der Waals surface area contributed by atoms with Crippen LogP contribution in [0.15, 0.2) is 4.90 Å². The van der Waals surface area contributed by atoms with Crippen molar-refractivity contribution in [3.05, 3.63) is 29.1 Å². The van der Waals surface area contributed by atoms with E-state index in [2.05, 4.69) is 0 Å². The maximum Gasteiger partial charge on any atom is 0.410 e. The van der Waals surface area contributed by atoms with Crippen LogP contribution in [-0.4, -0.2) is 135 Å². The number of hydrogen-bond donors (Lipinski definition) is 2. The number of aliphatic hydroxyl groups excluding tert-OH is 1. The van der Waals surface area contributed by atoms with Gasteiger partial charge in [0.1, 0.15) is 23.9 Å². The molecule has 3 saturated heterocycles. The first-order valence-corrected chi connectivity index (χ1v) is 21.2. The Bertz CT molecular complexity index is 1900. The zero-order chi connectivity index (χ0) is 45.6. The maximum atomic E-state index is 14.6. The Morgan fingerprint density at radius 1 is 0.917 bits per heavy atom. The van der Waals surface area contributed by atoms with E-state index in [1.54, 1.807) is 46.5 Å². The lowest BCUT2D eigenvalue weighted by atomic mass is 9.73. The number of ether oxygens (including phenoxy) is 5. The second-order valence-electron chi connectivity index (χ2n) is 16.7. The third-order valence-corrected chi connectivity index (χ3v) is 13.7. The van der Waals surface area contributed by atoms with E-state index in [1.165, 1.54) is 34.8 Å². The SMILES string of the molecule is CC[C@H]1OC(=O)[C@H](C)C(=O)[C@@H](C)[C@@H](O[C@@H]2O[C@H](C)C[C@H](N(C)C)[C@H]2O)[C@](C)(OC)C[C@@H](C)C(=O)[C@H](C)[C@@H]2N(CCNS(=O)(=O)c3c(F)c(F)c(F)c(F)c3F)C(=O)O[C@@]21C. The summed E-state index contributed by atoms with van der Waals surface area (Å²) in [6.45, 7) is 10.8. The van der Waals surface area contributed by atoms with Crippen LogP contribution in [0.4, 0.5) is 26.7 Å². The summed E-state index contributed by atoms with van der Waals surface area (Å²) in [5.41, 5.74) is -3.31. The van der Waals surface area contributed by atoms with Gasteiger partial charge < -0.3 is 33.7 Å². The van der Waals surface area contributed by atoms with Crippen LogP contribution in [-0.2, 0) is 48.1 Å². The van der Waals surface area contributed by atoms with Crippen LogP contribution in [0.5, 0.6) is 0 Å². The molecule has 60 heavy (non-hydrogen) atoms. The van der Waals surface area contributed by atoms with Crippen molar-refractivity contribution in [2.24, 2.45) is 23.7 Å². The number of Topliss-reactive ketones (excluding diaryl/α,β-unsaturated/α-hetero) is 2. The summed E-state index contributed by atoms with van der Waals surface area (Å²) in [7, 11) is -0.520. The van der Waals surface area contributed by atoms with E-state index in [9.17, 15) is 54.7 Å². The van der Waals surface area contributed by atoms with Crippen LogP contribution in [0.2, 0.25) is 0 Å². The first kappa shape index (κ1) is 49.3. The zero-order valence-corrected chi connectivity index (χ0v) is 36.3. The normalized spacial score (nSPS) is 36.2. The van der Waals surface area contributed by atoms with E-state index in [0.29, 0.717) is 6.42 Å². The predicted molar refractivity (Wildman–Crippen MR) is 201 cm³/mol. The minimum atomic E-state index is -5.44. The molecular formula is C39H56F5N3O12S. The number of methoxy groups -OCH3 is 1. The van der Waals surface area contributed by atoms with Gasteiger partial charge in [-0.2, -0.15) is 0 Å². The average Bonchev–Trinajstić information content (AvgIpc) is 3.44. The Morgan fingerprint density at radius 3 is 2.02 bits per heavy atom. The Balaban J connectivity index is 1.75. The van der Waals surface area contributed by atoms with Gasteiger partial charge in [0.15, 0.2) is 45.8 Å². The van der Waals surface area contributed by atoms with Crippen LogP contribution in [0.3, 0.4) is 0 Å². The van der Waals surface area contributed by atoms with Gasteiger partial charge >= 0.3 is 12.1 Å². The molecule has 15 nitrogen and oxygen atoms in total. The second-order valence-corrected chi connectivity index (χ2v) is 18.4. The van der Waals surface area contributed by atoms with E-state index in [1.807, 2.05) is 4.90 Å². The Labute approximate surface area is 346 Å². The van der Waals surface area contributed by atoms with Crippen LogP contribution < -0.4 is 4.72 Å². The summed E-state index contributed by atoms with van der Waals surface area (Å²) < 4.78 is 128. The van der Waals surface area contributed by atoms with Gasteiger partial charge in [-0.3, -0.25) is 19.3 Å². The zero-order valence-electron chi connectivity index (χ0n) is 35.5. The van der Waals surface area contributed by atoms with Crippen LogP contribution >= 0.6 is 0 Å². The number of amides is 1. The minimum Gasteiger partial charge on any atom is -0.458 e. The van der Waals surface area contributed by atoms with Gasteiger partial charge in [0.25, 0.3) is 0 Å². The van der Waals surface area contributed by atoms with Gasteiger partial charge in [0, 0.05) is 44.0 Å². The number of carbonyl (C=O) groups excluding carboxylic acids is 4. The number of ketones is 2. The number of hydrogen-bond acceptors (Lipinski definition) is 13. The van der Waals surface area contributed by atoms with Crippen molar-refractivity contribution < 1.29 is 78.3 Å². The van der Waals surface area contributed by atoms with Crippen molar-refractivity contribution in [1.29, 1.82) is 0 Å². The second kappa shape index (κ2) is 18.6. The van der Waals surface area contributed by atoms with Crippen molar-refractivity contribution in [3.63, 3.8) is 0 Å². The van der Waals surface area contributed by atoms with E-state index in [4.69, 9.17) is 23.7 Å². The first-order valence-electron chi connectivity index (χ1n) is 19.7. The summed E-state index contributed by atoms with van der Waals surface area (Å²) in [5, 5.41) is 11.4. The number of cyclic esters (lactones) is 1. The Kier molecular flexibility index (Phi) is 15.3. The molecule has 0 saturated carbocycles. The number of rotatable bonds is 10. The molecule has 3 heterocycles. The third kappa shape index (κ3) is 9.22. The molecule has 4 rings (SSSR count). The van der Waals surface area contributed by atoms with Crippen molar-refractivity contribution in [2.75, 3.05) is 34.3 Å². The number of aliphatic hydroxyl groups is 1. The molecule has 21 heteroatoms. The quantitative estimate of drug-likeness (QED) is 0.114. The smallest absolute Gasteiger partial charge is 0.410 e. The lowest BCUT2D eigenvalue weighted by Gasteiger charge is -2.47. The molecule has 3 aliphatic heterocycles. The Morgan fingerprint density at radius 2 is 1.48 bits per heavy atom. The number of benzene rings is 1. The minimum absolute atomic E-state index is 0.0186. The fourth-order valence-corrected chi connectivity index (χ4v) is 10.1. The molecule has 0 aromatic heterocycles. The topological polar surface area (TPSA) is 187 Å². The number of fused-ring (bicyclic) bond motifs is 1. The molecular weight excluding hydrogens is 829 g/mol. The highest BCUT2D eigenvalue weighted by molar-refractivity contribution is 7.89. The molecule has 0 unspecified atom stereocenters. The van der Waals surface area contributed by atoms with Crippen molar-refractivity contribution in [2.45, 2.75) is 134 Å². The molecule has 2 N–H and O–H groups in total. The van der Waals surface area contributed by atoms with Crippen molar-refractivity contribution in [1.82, 2.24) is 14.5 Å². The fraction of sp³-hybridized carbons (Fsp3) is 0.744. The molecule has 1 aromatic rings. The standard InChI is InChI=1S/C39H56F5N3O12S/c1-12-23-39(8)33(47(37(52)59-39)14-13-45-60(53,54)32-27(43)25(41)24(40)26(42)28(32)44)19(4)29(48)17(2)16-38(7,55-11)34(20(5)30(49)21(6)35(51)57-23)58-36-31(50)22(46(9)10)15-18(3)56-36/h17-23,31,33-34,36,45,50H,12-16H2,1-11H3/t17-,18-,19+,20-,21-,22+,23-,31-,33+,34-,36+,38-,39-/m1/s1. The molecule has 0 radical (unpaired) electrons. The van der Waals surface area contributed by atoms with Gasteiger partial charge in [-0.05, 0) is 61.1 Å². The van der Waals surface area contributed by atoms with Gasteiger partial charge in [-0.15, -0.1) is 0 Å². The van der Waals surface area contributed by atoms with E-state index >= 15 is 0 Å². The Hall–Kier alpha value is -3.34. The van der Waals surface area contributed by atoms with Crippen molar-refractivity contribution in [3.8, 4) is 0 Å². The van der Waals surface area contributed by atoms with Crippen LogP contribution in [0.25, 0.3) is 0 Å². The molecule has 3 aliphatic rings. The monoisotopic (exact) mass is 885 g/mol. The largest absolute Gasteiger partial charge is 0.458 e. The average molecular weight is 886 g/mol. The number of nitrogens with zero attached hydrogens (tertiary/aromatic N) is 2. The molecule has 13 atom stereocenters. The molecule has 0 bridgehead atoms. The number of esters is 1. The van der Waals surface area contributed by atoms with Gasteiger partial charge in [-0.1, -0.05) is 27.7 Å². The van der Waals surface area contributed by atoms with Gasteiger partial charge in [0.05, 0.1) is 23.9 Å². The van der Waals surface area contributed by atoms with E-state index in [0.717, 1.165) is 4.90 Å². The highest BCUT2D eigenvalue weighted by Crippen LogP contribution is 2.43. The summed E-state index contributed by atoms with van der Waals surface area (Å²) >= 11 is 0. The van der Waals surface area contributed by atoms with E-state index in [-0.39, 0.29) is 18.9 Å². The number of likely N-dealkylation sites (N-methyl/N-ethyl adjacent to an activating group) is 1. The molecule has 3 fully saturated rings. The van der Waals surface area contributed by atoms with Gasteiger partial charge in [0.2, 0.25) is 15.8 Å². The molecule has 0 spiro atoms. The van der Waals surface area contributed by atoms with Crippen molar-refractivity contribution >= 4 is 33.7 Å². The van der Waals surface area contributed by atoms with Crippen LogP contribution in [0, 0.1) is 52.8 Å². The predicted octanol–water partition coefficient (Wildman–Crippen LogP) is 3.86. The summed E-state index contributed by atoms with van der Waals surface area (Å²) in [6, 6.07) is -1.72. The molecule has 0 aliphatic carbocycles. The summed E-state index contributed by atoms with van der Waals surface area (Å²) in [6.07, 6.45) is -6.11. The van der Waals surface area contributed by atoms with E-state index < -0.39 is 152 Å². The number of halogens is 5. The summed E-state index contributed by atoms with van der Waals surface area (Å²) in [5.74, 6) is -19.5. The maximum absolute atomic E-state index is 14.6. The third-order valence-electron chi connectivity index (χ3n) is 12.2. The van der Waals surface area contributed by atoms with Gasteiger partial charge in [-0.25, -0.2) is 39.9 Å². The summed E-state index contributed by atoms with van der Waals surface area (Å²) in [4.78, 5) is 57.0. The lowest BCUT2D eigenvalue weighted by Crippen LogP contribution is -2.60. The molecule has 1 aromatic carbocycles. The first-order chi connectivity index (χ1) is 27.7. The highest BCUT2D eigenvalue weighted by atomic mass is 32.2. The number of carbonyl (C=O) groups is 4. The van der Waals surface area contributed by atoms with Crippen LogP contribution in [0.1, 0.15) is 74.7 Å². The fourth-order valence-electron chi connectivity index (χ4n) is 8.90. The number of sulfonamides is 1.